The minimum Gasteiger partial charge on any atom is -0.512 e. The van der Waals surface area contributed by atoms with Crippen molar-refractivity contribution in [3.8, 4) is 0 Å². The monoisotopic (exact) mass is 206 g/mol. The second-order valence-corrected chi connectivity index (χ2v) is 4.07. The minimum absolute atomic E-state index is 0.000602. The van der Waals surface area contributed by atoms with Gasteiger partial charge in [0.2, 0.25) is 0 Å². The van der Waals surface area contributed by atoms with Gasteiger partial charge in [-0.05, 0) is 18.4 Å². The second-order valence-electron chi connectivity index (χ2n) is 4.07. The summed E-state index contributed by atoms with van der Waals surface area (Å²) in [5.41, 5.74) is 1.16. The fourth-order valence-electron chi connectivity index (χ4n) is 2.09. The van der Waals surface area contributed by atoms with Gasteiger partial charge in [0.25, 0.3) is 0 Å². The van der Waals surface area contributed by atoms with E-state index in [0.29, 0.717) is 36.8 Å². The molecule has 0 bridgehead atoms. The van der Waals surface area contributed by atoms with E-state index < -0.39 is 0 Å². The van der Waals surface area contributed by atoms with Crippen LogP contribution >= 0.6 is 0 Å². The van der Waals surface area contributed by atoms with Crippen molar-refractivity contribution in [1.29, 1.82) is 0 Å². The quantitative estimate of drug-likeness (QED) is 0.753. The number of aliphatic hydroxyl groups excluding tert-OH is 1. The summed E-state index contributed by atoms with van der Waals surface area (Å²) in [7, 11) is 0. The van der Waals surface area contributed by atoms with Crippen molar-refractivity contribution in [2.24, 2.45) is 0 Å². The number of allylic oxidation sites excluding steroid dienone is 4. The van der Waals surface area contributed by atoms with Crippen LogP contribution in [0.2, 0.25) is 0 Å². The van der Waals surface area contributed by atoms with E-state index in [4.69, 9.17) is 0 Å². The molecule has 15 heavy (non-hydrogen) atoms. The van der Waals surface area contributed by atoms with E-state index >= 15 is 0 Å². The van der Waals surface area contributed by atoms with Crippen LogP contribution in [-0.4, -0.2) is 16.7 Å². The molecule has 2 rings (SSSR count). The molecule has 3 heteroatoms. The molecular formula is C12H14O3. The zero-order valence-electron chi connectivity index (χ0n) is 8.58. The number of aliphatic hydroxyl groups is 1. The summed E-state index contributed by atoms with van der Waals surface area (Å²) in [6.07, 6.45) is 5.34. The fourth-order valence-corrected chi connectivity index (χ4v) is 2.09. The van der Waals surface area contributed by atoms with Crippen molar-refractivity contribution in [2.75, 3.05) is 0 Å². The van der Waals surface area contributed by atoms with Crippen molar-refractivity contribution >= 4 is 11.6 Å². The van der Waals surface area contributed by atoms with Gasteiger partial charge in [0.05, 0.1) is 5.76 Å². The molecule has 0 saturated heterocycles. The van der Waals surface area contributed by atoms with E-state index in [1.165, 1.54) is 0 Å². The molecule has 1 N–H and O–H groups in total. The third-order valence-electron chi connectivity index (χ3n) is 2.99. The molecule has 2 aliphatic carbocycles. The molecule has 3 nitrogen and oxygen atoms in total. The Kier molecular flexibility index (Phi) is 2.71. The smallest absolute Gasteiger partial charge is 0.162 e. The van der Waals surface area contributed by atoms with Crippen LogP contribution in [0.25, 0.3) is 0 Å². The van der Waals surface area contributed by atoms with E-state index in [0.717, 1.165) is 12.8 Å². The lowest BCUT2D eigenvalue weighted by molar-refractivity contribution is -0.116. The van der Waals surface area contributed by atoms with E-state index in [1.807, 2.05) is 6.08 Å². The maximum absolute atomic E-state index is 11.5. The molecule has 0 saturated carbocycles. The number of hydrogen-bond donors (Lipinski definition) is 1. The topological polar surface area (TPSA) is 54.4 Å². The maximum Gasteiger partial charge on any atom is 0.162 e. The van der Waals surface area contributed by atoms with E-state index in [2.05, 4.69) is 0 Å². The molecule has 2 aliphatic rings. The van der Waals surface area contributed by atoms with Crippen LogP contribution in [-0.2, 0) is 9.59 Å². The van der Waals surface area contributed by atoms with Crippen LogP contribution in [0.4, 0.5) is 0 Å². The Labute approximate surface area is 88.5 Å². The number of hydrogen-bond acceptors (Lipinski definition) is 3. The maximum atomic E-state index is 11.5. The van der Waals surface area contributed by atoms with E-state index in [-0.39, 0.29) is 17.3 Å². The second kappa shape index (κ2) is 4.01. The summed E-state index contributed by atoms with van der Waals surface area (Å²) >= 11 is 0. The highest BCUT2D eigenvalue weighted by Gasteiger charge is 2.24. The third kappa shape index (κ3) is 2.01. The van der Waals surface area contributed by atoms with Gasteiger partial charge in [0.1, 0.15) is 0 Å². The summed E-state index contributed by atoms with van der Waals surface area (Å²) in [5, 5.41) is 9.61. The molecule has 0 unspecified atom stereocenters. The molecule has 0 aliphatic heterocycles. The minimum atomic E-state index is -0.000602. The molecule has 0 spiro atoms. The molecule has 0 heterocycles. The van der Waals surface area contributed by atoms with Gasteiger partial charge in [-0.1, -0.05) is 6.08 Å². The van der Waals surface area contributed by atoms with Crippen molar-refractivity contribution in [1.82, 2.24) is 0 Å². The molecule has 80 valence electrons. The van der Waals surface area contributed by atoms with Crippen LogP contribution in [0.15, 0.2) is 23.0 Å². The SMILES string of the molecule is O=C1CCC=C1CC1=C(O)CCCC1=O. The molecular weight excluding hydrogens is 192 g/mol. The molecule has 0 aromatic heterocycles. The van der Waals surface area contributed by atoms with Crippen molar-refractivity contribution in [3.05, 3.63) is 23.0 Å². The van der Waals surface area contributed by atoms with Gasteiger partial charge in [-0.15, -0.1) is 0 Å². The van der Waals surface area contributed by atoms with E-state index in [9.17, 15) is 14.7 Å². The average Bonchev–Trinajstić information content (AvgIpc) is 2.58. The first-order chi connectivity index (χ1) is 7.18. The third-order valence-corrected chi connectivity index (χ3v) is 2.99. The first-order valence-electron chi connectivity index (χ1n) is 5.35. The lowest BCUT2D eigenvalue weighted by Crippen LogP contribution is -2.13. The van der Waals surface area contributed by atoms with Crippen molar-refractivity contribution in [2.45, 2.75) is 38.5 Å². The van der Waals surface area contributed by atoms with Gasteiger partial charge in [-0.2, -0.15) is 0 Å². The van der Waals surface area contributed by atoms with Crippen LogP contribution in [0.3, 0.4) is 0 Å². The number of ketones is 2. The first kappa shape index (κ1) is 10.1. The predicted octanol–water partition coefficient (Wildman–Crippen LogP) is 2.23. The van der Waals surface area contributed by atoms with Crippen molar-refractivity contribution in [3.63, 3.8) is 0 Å². The van der Waals surface area contributed by atoms with Gasteiger partial charge >= 0.3 is 0 Å². The van der Waals surface area contributed by atoms with Gasteiger partial charge in [0, 0.05) is 31.3 Å². The zero-order valence-corrected chi connectivity index (χ0v) is 8.58. The highest BCUT2D eigenvalue weighted by molar-refractivity contribution is 6.02. The van der Waals surface area contributed by atoms with Crippen molar-refractivity contribution < 1.29 is 14.7 Å². The lowest BCUT2D eigenvalue weighted by Gasteiger charge is -2.14. The largest absolute Gasteiger partial charge is 0.512 e. The fraction of sp³-hybridized carbons (Fsp3) is 0.500. The Morgan fingerprint density at radius 1 is 1.13 bits per heavy atom. The van der Waals surface area contributed by atoms with Crippen LogP contribution in [0.1, 0.15) is 38.5 Å². The van der Waals surface area contributed by atoms with Crippen LogP contribution in [0.5, 0.6) is 0 Å². The Morgan fingerprint density at radius 2 is 1.93 bits per heavy atom. The molecule has 0 aromatic rings. The summed E-state index contributed by atoms with van der Waals surface area (Å²) in [6.45, 7) is 0. The first-order valence-corrected chi connectivity index (χ1v) is 5.35. The highest BCUT2D eigenvalue weighted by Crippen LogP contribution is 2.28. The normalized spacial score (nSPS) is 22.3. The number of carbonyl (C=O) groups is 2. The average molecular weight is 206 g/mol. The number of rotatable bonds is 2. The van der Waals surface area contributed by atoms with Gasteiger partial charge in [-0.25, -0.2) is 0 Å². The van der Waals surface area contributed by atoms with Gasteiger partial charge in [-0.3, -0.25) is 9.59 Å². The molecule has 0 atom stereocenters. The summed E-state index contributed by atoms with van der Waals surface area (Å²) in [6, 6.07) is 0. The van der Waals surface area contributed by atoms with Crippen LogP contribution in [0, 0.1) is 0 Å². The highest BCUT2D eigenvalue weighted by atomic mass is 16.3. The molecule has 0 fully saturated rings. The molecule has 0 amide bonds. The number of carbonyl (C=O) groups excluding carboxylic acids is 2. The van der Waals surface area contributed by atoms with Gasteiger partial charge in [0.15, 0.2) is 11.6 Å². The van der Waals surface area contributed by atoms with Gasteiger partial charge < -0.3 is 5.11 Å². The Morgan fingerprint density at radius 3 is 2.53 bits per heavy atom. The molecule has 0 aromatic carbocycles. The number of Topliss-reactive ketones (excluding diaryl/α,β-unsaturated/α-hetero) is 2. The summed E-state index contributed by atoms with van der Waals surface area (Å²) < 4.78 is 0. The van der Waals surface area contributed by atoms with E-state index in [1.54, 1.807) is 0 Å². The summed E-state index contributed by atoms with van der Waals surface area (Å²) in [4.78, 5) is 22.9. The Balaban J connectivity index is 2.17. The predicted molar refractivity (Wildman–Crippen MR) is 55.5 cm³/mol. The Bertz CT molecular complexity index is 374. The standard InChI is InChI=1S/C12H14O3/c13-10-4-1-3-8(10)7-9-11(14)5-2-6-12(9)15/h3,14H,1-2,4-7H2. The lowest BCUT2D eigenvalue weighted by atomic mass is 9.91. The summed E-state index contributed by atoms with van der Waals surface area (Å²) in [5.74, 6) is 0.305. The zero-order chi connectivity index (χ0) is 10.8. The van der Waals surface area contributed by atoms with Crippen LogP contribution < -0.4 is 0 Å². The molecule has 0 radical (unpaired) electrons. The Hall–Kier alpha value is -1.38.